The molecule has 10 nitrogen and oxygen atoms in total. The normalized spacial score (nSPS) is 11.2. The number of nitrogens with one attached hydrogen (secondary N) is 1. The molecule has 0 heterocycles. The van der Waals surface area contributed by atoms with Gasteiger partial charge in [-0.3, -0.25) is 15.8 Å². The standard InChI is InChI=1S/C23H26N6O4/c1-26(2)19-12-10-16(14-21(19)28(30)31)23(25-24-18-8-6-5-7-9-18)17-11-13-20(27(3)4)22(15-17)29(32)33/h5-15,24,30-31H,1-4H3/q-2. The van der Waals surface area contributed by atoms with E-state index in [2.05, 4.69) is 10.5 Å². The first kappa shape index (κ1) is 23.8. The number of rotatable bonds is 8. The van der Waals surface area contributed by atoms with Gasteiger partial charge in [0.2, 0.25) is 0 Å². The summed E-state index contributed by atoms with van der Waals surface area (Å²) >= 11 is 0. The van der Waals surface area contributed by atoms with E-state index in [1.54, 1.807) is 68.3 Å². The summed E-state index contributed by atoms with van der Waals surface area (Å²) in [4.78, 5) is 3.40. The van der Waals surface area contributed by atoms with Gasteiger partial charge in [-0.1, -0.05) is 30.3 Å². The van der Waals surface area contributed by atoms with Crippen LogP contribution in [0.5, 0.6) is 0 Å². The molecule has 0 amide bonds. The highest BCUT2D eigenvalue weighted by molar-refractivity contribution is 6.14. The molecule has 10 heteroatoms. The number of nitrogens with zero attached hydrogens (tertiary/aromatic N) is 5. The molecule has 3 N–H and O–H groups in total. The molecule has 0 atom stereocenters. The van der Waals surface area contributed by atoms with Crippen LogP contribution in [-0.2, 0) is 0 Å². The quantitative estimate of drug-likeness (QED) is 0.344. The predicted octanol–water partition coefficient (Wildman–Crippen LogP) is 4.07. The molecule has 3 rings (SSSR count). The van der Waals surface area contributed by atoms with Crippen LogP contribution in [0.25, 0.3) is 0 Å². The highest BCUT2D eigenvalue weighted by atomic mass is 16.8. The van der Waals surface area contributed by atoms with Crippen molar-refractivity contribution in [2.45, 2.75) is 0 Å². The van der Waals surface area contributed by atoms with Crippen molar-refractivity contribution in [2.75, 3.05) is 53.9 Å². The topological polar surface area (TPSA) is 124 Å². The van der Waals surface area contributed by atoms with Crippen LogP contribution >= 0.6 is 0 Å². The highest BCUT2D eigenvalue weighted by Gasteiger charge is 2.16. The van der Waals surface area contributed by atoms with Crippen LogP contribution in [0, 0.1) is 10.4 Å². The van der Waals surface area contributed by atoms with Crippen LogP contribution in [0.3, 0.4) is 0 Å². The van der Waals surface area contributed by atoms with Gasteiger partial charge in [0.25, 0.3) is 0 Å². The van der Waals surface area contributed by atoms with Crippen LogP contribution in [0.4, 0.5) is 28.4 Å². The molecule has 0 fully saturated rings. The number of hydrogen-bond donors (Lipinski definition) is 3. The molecule has 0 unspecified atom stereocenters. The molecule has 0 spiro atoms. The van der Waals surface area contributed by atoms with Crippen molar-refractivity contribution in [3.8, 4) is 0 Å². The third kappa shape index (κ3) is 5.51. The molecule has 0 radical (unpaired) electrons. The summed E-state index contributed by atoms with van der Waals surface area (Å²) in [5.74, 6) is 0. The summed E-state index contributed by atoms with van der Waals surface area (Å²) in [6.45, 7) is 0. The van der Waals surface area contributed by atoms with E-state index in [-0.39, 0.29) is 16.6 Å². The van der Waals surface area contributed by atoms with Gasteiger partial charge in [-0.25, -0.2) is 0 Å². The molecule has 0 saturated heterocycles. The molecular weight excluding hydrogens is 424 g/mol. The van der Waals surface area contributed by atoms with E-state index in [0.717, 1.165) is 5.69 Å². The number of hydrogen-bond acceptors (Lipinski definition) is 10. The lowest BCUT2D eigenvalue weighted by Crippen LogP contribution is -2.19. The van der Waals surface area contributed by atoms with Crippen LogP contribution in [0.1, 0.15) is 11.1 Å². The Labute approximate surface area is 192 Å². The molecule has 174 valence electrons. The molecular formula is C23H26N6O4-2. The summed E-state index contributed by atoms with van der Waals surface area (Å²) in [6, 6.07) is 19.1. The zero-order valence-corrected chi connectivity index (χ0v) is 18.8. The maximum absolute atomic E-state index is 11.7. The summed E-state index contributed by atoms with van der Waals surface area (Å²) in [7, 11) is 7.02. The number of hydrazone groups is 1. The Morgan fingerprint density at radius 2 is 1.24 bits per heavy atom. The first-order valence-corrected chi connectivity index (χ1v) is 10.0. The maximum Gasteiger partial charge on any atom is 0.118 e. The first-order chi connectivity index (χ1) is 15.7. The zero-order chi connectivity index (χ0) is 24.1. The summed E-state index contributed by atoms with van der Waals surface area (Å²) in [6.07, 6.45) is 0. The Morgan fingerprint density at radius 1 is 0.727 bits per heavy atom. The van der Waals surface area contributed by atoms with Crippen molar-refractivity contribution in [1.82, 2.24) is 0 Å². The Hall–Kier alpha value is -3.83. The summed E-state index contributed by atoms with van der Waals surface area (Å²) in [5, 5.41) is 47.1. The number of anilines is 5. The van der Waals surface area contributed by atoms with Gasteiger partial charge in [-0.15, -0.1) is 5.23 Å². The van der Waals surface area contributed by atoms with Crippen molar-refractivity contribution >= 4 is 34.1 Å². The van der Waals surface area contributed by atoms with Crippen molar-refractivity contribution in [2.24, 2.45) is 5.10 Å². The molecule has 0 bridgehead atoms. The van der Waals surface area contributed by atoms with Gasteiger partial charge >= 0.3 is 0 Å². The van der Waals surface area contributed by atoms with Crippen molar-refractivity contribution in [1.29, 1.82) is 0 Å². The molecule has 0 aromatic heterocycles. The van der Waals surface area contributed by atoms with E-state index < -0.39 is 5.23 Å². The van der Waals surface area contributed by atoms with Gasteiger partial charge in [0.1, 0.15) is 5.69 Å². The second kappa shape index (κ2) is 10.2. The Kier molecular flexibility index (Phi) is 7.36. The molecule has 0 aliphatic rings. The smallest absolute Gasteiger partial charge is 0.118 e. The lowest BCUT2D eigenvalue weighted by molar-refractivity contribution is 0.0294. The van der Waals surface area contributed by atoms with E-state index in [0.29, 0.717) is 28.2 Å². The molecule has 3 aromatic rings. The largest absolute Gasteiger partial charge is 0.769 e. The second-order valence-corrected chi connectivity index (χ2v) is 7.68. The first-order valence-electron chi connectivity index (χ1n) is 10.0. The van der Waals surface area contributed by atoms with Crippen LogP contribution in [-0.4, -0.2) is 44.3 Å². The third-order valence-corrected chi connectivity index (χ3v) is 4.94. The van der Waals surface area contributed by atoms with Gasteiger partial charge in [0.05, 0.1) is 22.8 Å². The average molecular weight is 450 g/mol. The second-order valence-electron chi connectivity index (χ2n) is 7.68. The lowest BCUT2D eigenvalue weighted by atomic mass is 10.00. The van der Waals surface area contributed by atoms with Crippen LogP contribution < -0.4 is 25.7 Å². The van der Waals surface area contributed by atoms with Crippen LogP contribution in [0.15, 0.2) is 71.8 Å². The third-order valence-electron chi connectivity index (χ3n) is 4.94. The molecule has 33 heavy (non-hydrogen) atoms. The van der Waals surface area contributed by atoms with Gasteiger partial charge < -0.3 is 25.4 Å². The van der Waals surface area contributed by atoms with Gasteiger partial charge in [0.15, 0.2) is 0 Å². The molecule has 0 aliphatic heterocycles. The SMILES string of the molecule is CN(C)c1ccc(C(=NNc2ccccc2)c2ccc(N(C)C)c(N(O)O)c2)cc1N([O-])[O-]. The Bertz CT molecular complexity index is 1050. The van der Waals surface area contributed by atoms with Gasteiger partial charge in [-0.2, -0.15) is 5.10 Å². The van der Waals surface area contributed by atoms with E-state index >= 15 is 0 Å². The minimum Gasteiger partial charge on any atom is -0.769 e. The fraction of sp³-hybridized carbons (Fsp3) is 0.174. The summed E-state index contributed by atoms with van der Waals surface area (Å²) < 4.78 is 0. The minimum atomic E-state index is -0.440. The number of para-hydroxylation sites is 1. The van der Waals surface area contributed by atoms with E-state index in [1.165, 1.54) is 6.07 Å². The average Bonchev–Trinajstić information content (AvgIpc) is 2.79. The van der Waals surface area contributed by atoms with Gasteiger partial charge in [0, 0.05) is 45.0 Å². The monoisotopic (exact) mass is 450 g/mol. The van der Waals surface area contributed by atoms with Crippen molar-refractivity contribution in [3.63, 3.8) is 0 Å². The van der Waals surface area contributed by atoms with E-state index in [1.807, 2.05) is 30.3 Å². The predicted molar refractivity (Wildman–Crippen MR) is 133 cm³/mol. The van der Waals surface area contributed by atoms with E-state index in [9.17, 15) is 20.8 Å². The fourth-order valence-electron chi connectivity index (χ4n) is 3.33. The molecule has 0 aliphatic carbocycles. The zero-order valence-electron chi connectivity index (χ0n) is 18.8. The summed E-state index contributed by atoms with van der Waals surface area (Å²) in [5.41, 5.74) is 6.19. The number of benzene rings is 3. The Morgan fingerprint density at radius 3 is 1.73 bits per heavy atom. The fourth-order valence-corrected chi connectivity index (χ4v) is 3.33. The highest BCUT2D eigenvalue weighted by Crippen LogP contribution is 2.32. The van der Waals surface area contributed by atoms with Crippen LogP contribution in [0.2, 0.25) is 0 Å². The Balaban J connectivity index is 2.18. The maximum atomic E-state index is 11.7. The molecule has 0 saturated carbocycles. The van der Waals surface area contributed by atoms with E-state index in [4.69, 9.17) is 0 Å². The van der Waals surface area contributed by atoms with Crippen molar-refractivity contribution < 1.29 is 10.4 Å². The van der Waals surface area contributed by atoms with Crippen molar-refractivity contribution in [3.05, 3.63) is 88.3 Å². The van der Waals surface area contributed by atoms with Gasteiger partial charge in [-0.05, 0) is 36.4 Å². The minimum absolute atomic E-state index is 0.0403. The lowest BCUT2D eigenvalue weighted by Gasteiger charge is -2.40. The molecule has 3 aromatic carbocycles.